The Morgan fingerprint density at radius 2 is 1.69 bits per heavy atom. The minimum absolute atomic E-state index is 0.0214. The Hall–Kier alpha value is -3.08. The average Bonchev–Trinajstić information content (AvgIpc) is 3.17. The first kappa shape index (κ1) is 22.1. The Kier molecular flexibility index (Phi) is 7.25. The number of amides is 1. The fourth-order valence-corrected chi connectivity index (χ4v) is 4.43. The zero-order chi connectivity index (χ0) is 22.3. The van der Waals surface area contributed by atoms with Gasteiger partial charge in [0.1, 0.15) is 0 Å². The number of carbonyl (C=O) groups excluding carboxylic acids is 1. The van der Waals surface area contributed by atoms with Crippen LogP contribution in [0.2, 0.25) is 5.02 Å². The van der Waals surface area contributed by atoms with Gasteiger partial charge in [-0.25, -0.2) is 0 Å². The maximum absolute atomic E-state index is 12.8. The van der Waals surface area contributed by atoms with E-state index in [4.69, 9.17) is 16.3 Å². The highest BCUT2D eigenvalue weighted by Gasteiger charge is 2.24. The number of hydrogen-bond acceptors (Lipinski definition) is 2. The van der Waals surface area contributed by atoms with E-state index in [1.807, 2.05) is 36.4 Å². The fourth-order valence-electron chi connectivity index (χ4n) is 4.16. The van der Waals surface area contributed by atoms with Crippen molar-refractivity contribution in [3.05, 3.63) is 107 Å². The van der Waals surface area contributed by atoms with Gasteiger partial charge in [0, 0.05) is 54.7 Å². The minimum atomic E-state index is -0.159. The number of carbonyl (C=O) groups is 1. The zero-order valence-corrected chi connectivity index (χ0v) is 18.9. The molecule has 1 heterocycles. The van der Waals surface area contributed by atoms with Gasteiger partial charge in [-0.05, 0) is 28.8 Å². The van der Waals surface area contributed by atoms with E-state index in [0.29, 0.717) is 24.6 Å². The smallest absolute Gasteiger partial charge is 0.221 e. The second-order valence-electron chi connectivity index (χ2n) is 7.84. The van der Waals surface area contributed by atoms with Crippen LogP contribution in [0.1, 0.15) is 29.0 Å². The molecule has 0 saturated carbocycles. The van der Waals surface area contributed by atoms with E-state index < -0.39 is 0 Å². The summed E-state index contributed by atoms with van der Waals surface area (Å²) in [4.78, 5) is 12.8. The molecule has 0 bridgehead atoms. The van der Waals surface area contributed by atoms with Crippen molar-refractivity contribution in [2.45, 2.75) is 18.9 Å². The molecule has 4 aromatic rings. The van der Waals surface area contributed by atoms with Gasteiger partial charge in [0.15, 0.2) is 0 Å². The van der Waals surface area contributed by atoms with E-state index in [0.717, 1.165) is 28.6 Å². The van der Waals surface area contributed by atoms with Crippen molar-refractivity contribution < 1.29 is 9.53 Å². The van der Waals surface area contributed by atoms with Crippen LogP contribution in [0, 0.1) is 0 Å². The highest BCUT2D eigenvalue weighted by molar-refractivity contribution is 6.31. The third kappa shape index (κ3) is 5.04. The Bertz CT molecular complexity index is 1190. The molecule has 164 valence electrons. The van der Waals surface area contributed by atoms with E-state index in [2.05, 4.69) is 58.5 Å². The Morgan fingerprint density at radius 3 is 2.47 bits per heavy atom. The summed E-state index contributed by atoms with van der Waals surface area (Å²) >= 11 is 6.61. The Labute approximate surface area is 193 Å². The molecule has 4 rings (SSSR count). The van der Waals surface area contributed by atoms with E-state index in [9.17, 15) is 4.79 Å². The van der Waals surface area contributed by atoms with Crippen LogP contribution in [0.15, 0.2) is 85.1 Å². The van der Waals surface area contributed by atoms with Gasteiger partial charge in [-0.2, -0.15) is 0 Å². The second-order valence-corrected chi connectivity index (χ2v) is 8.24. The number of methoxy groups -OCH3 is 1. The average molecular weight is 447 g/mol. The Morgan fingerprint density at radius 1 is 0.969 bits per heavy atom. The lowest BCUT2D eigenvalue weighted by Crippen LogP contribution is -2.28. The summed E-state index contributed by atoms with van der Waals surface area (Å²) in [6, 6.07) is 26.5. The molecule has 3 aromatic carbocycles. The van der Waals surface area contributed by atoms with Crippen molar-refractivity contribution in [2.24, 2.45) is 0 Å². The predicted octanol–water partition coefficient (Wildman–Crippen LogP) is 5.63. The van der Waals surface area contributed by atoms with Crippen LogP contribution in [-0.4, -0.2) is 30.7 Å². The number of rotatable bonds is 9. The third-order valence-electron chi connectivity index (χ3n) is 5.69. The van der Waals surface area contributed by atoms with Gasteiger partial charge in [-0.1, -0.05) is 78.3 Å². The molecule has 1 unspecified atom stereocenters. The normalized spacial score (nSPS) is 12.1. The molecule has 4 nitrogen and oxygen atoms in total. The van der Waals surface area contributed by atoms with E-state index in [-0.39, 0.29) is 11.8 Å². The molecule has 0 fully saturated rings. The van der Waals surface area contributed by atoms with Crippen LogP contribution in [0.4, 0.5) is 0 Å². The van der Waals surface area contributed by atoms with Gasteiger partial charge in [0.05, 0.1) is 6.61 Å². The molecule has 32 heavy (non-hydrogen) atoms. The lowest BCUT2D eigenvalue weighted by molar-refractivity contribution is -0.121. The van der Waals surface area contributed by atoms with Crippen molar-refractivity contribution in [3.63, 3.8) is 0 Å². The molecule has 1 aromatic heterocycles. The summed E-state index contributed by atoms with van der Waals surface area (Å²) in [5.74, 6) is -0.181. The first-order chi connectivity index (χ1) is 15.7. The molecule has 1 amide bonds. The molecule has 0 spiro atoms. The van der Waals surface area contributed by atoms with Gasteiger partial charge in [-0.15, -0.1) is 0 Å². The van der Waals surface area contributed by atoms with Gasteiger partial charge < -0.3 is 14.6 Å². The molecule has 0 aliphatic rings. The number of para-hydroxylation sites is 1. The van der Waals surface area contributed by atoms with Crippen molar-refractivity contribution in [2.75, 3.05) is 20.3 Å². The first-order valence-corrected chi connectivity index (χ1v) is 11.2. The maximum Gasteiger partial charge on any atom is 0.221 e. The van der Waals surface area contributed by atoms with Crippen LogP contribution in [0.25, 0.3) is 10.9 Å². The highest BCUT2D eigenvalue weighted by atomic mass is 35.5. The van der Waals surface area contributed by atoms with Crippen molar-refractivity contribution in [3.8, 4) is 0 Å². The second kappa shape index (κ2) is 10.5. The summed E-state index contributed by atoms with van der Waals surface area (Å²) < 4.78 is 7.32. The molecule has 5 heteroatoms. The van der Waals surface area contributed by atoms with Crippen molar-refractivity contribution >= 4 is 28.4 Å². The van der Waals surface area contributed by atoms with E-state index in [1.165, 1.54) is 5.56 Å². The predicted molar refractivity (Wildman–Crippen MR) is 130 cm³/mol. The van der Waals surface area contributed by atoms with Crippen LogP contribution >= 0.6 is 11.6 Å². The topological polar surface area (TPSA) is 43.3 Å². The lowest BCUT2D eigenvalue weighted by atomic mass is 9.88. The van der Waals surface area contributed by atoms with Gasteiger partial charge in [-0.3, -0.25) is 4.79 Å². The number of nitrogens with zero attached hydrogens (tertiary/aromatic N) is 1. The van der Waals surface area contributed by atoms with Gasteiger partial charge in [0.2, 0.25) is 5.91 Å². The molecule has 0 radical (unpaired) electrons. The van der Waals surface area contributed by atoms with Crippen LogP contribution in [-0.2, 0) is 16.1 Å². The Balaban J connectivity index is 1.76. The molecule has 1 N–H and O–H groups in total. The van der Waals surface area contributed by atoms with Crippen LogP contribution < -0.4 is 5.32 Å². The molecular weight excluding hydrogens is 420 g/mol. The van der Waals surface area contributed by atoms with Gasteiger partial charge >= 0.3 is 0 Å². The molecular formula is C27H27ClN2O2. The molecule has 0 aliphatic heterocycles. The standard InChI is InChI=1S/C27H27ClN2O2/c1-32-16-15-29-27(31)17-23(21-11-5-7-13-25(21)28)24-19-30(18-20-9-3-2-4-10-20)26-14-8-6-12-22(24)26/h2-14,19,23H,15-18H2,1H3,(H,29,31). The van der Waals surface area contributed by atoms with Crippen molar-refractivity contribution in [1.82, 2.24) is 9.88 Å². The van der Waals surface area contributed by atoms with E-state index in [1.54, 1.807) is 7.11 Å². The number of aromatic nitrogens is 1. The van der Waals surface area contributed by atoms with Crippen LogP contribution in [0.5, 0.6) is 0 Å². The number of fused-ring (bicyclic) bond motifs is 1. The fraction of sp³-hybridized carbons (Fsp3) is 0.222. The van der Waals surface area contributed by atoms with E-state index >= 15 is 0 Å². The summed E-state index contributed by atoms with van der Waals surface area (Å²) in [6.45, 7) is 1.73. The quantitative estimate of drug-likeness (QED) is 0.339. The third-order valence-corrected chi connectivity index (χ3v) is 6.03. The number of nitrogens with one attached hydrogen (secondary N) is 1. The summed E-state index contributed by atoms with van der Waals surface area (Å²) in [7, 11) is 1.63. The molecule has 0 saturated heterocycles. The number of ether oxygens (including phenoxy) is 1. The number of benzene rings is 3. The lowest BCUT2D eigenvalue weighted by Gasteiger charge is -2.18. The zero-order valence-electron chi connectivity index (χ0n) is 18.1. The summed E-state index contributed by atoms with van der Waals surface area (Å²) in [6.07, 6.45) is 2.49. The SMILES string of the molecule is COCCNC(=O)CC(c1ccccc1Cl)c1cn(Cc2ccccc2)c2ccccc12. The largest absolute Gasteiger partial charge is 0.383 e. The maximum atomic E-state index is 12.8. The van der Waals surface area contributed by atoms with Crippen molar-refractivity contribution in [1.29, 1.82) is 0 Å². The van der Waals surface area contributed by atoms with Crippen LogP contribution in [0.3, 0.4) is 0 Å². The monoisotopic (exact) mass is 446 g/mol. The molecule has 1 atom stereocenters. The minimum Gasteiger partial charge on any atom is -0.383 e. The first-order valence-electron chi connectivity index (χ1n) is 10.8. The number of halogens is 1. The summed E-state index contributed by atoms with van der Waals surface area (Å²) in [5.41, 5.74) is 4.43. The number of hydrogen-bond donors (Lipinski definition) is 1. The highest BCUT2D eigenvalue weighted by Crippen LogP contribution is 2.37. The summed E-state index contributed by atoms with van der Waals surface area (Å²) in [5, 5.41) is 4.76. The molecule has 0 aliphatic carbocycles. The van der Waals surface area contributed by atoms with Gasteiger partial charge in [0.25, 0.3) is 0 Å².